The van der Waals surface area contributed by atoms with Crippen LogP contribution in [0.5, 0.6) is 0 Å². The van der Waals surface area contributed by atoms with Crippen LogP contribution in [-0.4, -0.2) is 24.6 Å². The molecule has 3 rings (SSSR count). The molecular weight excluding hydrogens is 380 g/mol. The first-order chi connectivity index (χ1) is 12.1. The number of fused-ring (bicyclic) bond motifs is 1. The quantitative estimate of drug-likeness (QED) is 0.578. The van der Waals surface area contributed by atoms with Crippen LogP contribution >= 0.6 is 15.9 Å². The molecule has 0 N–H and O–H groups in total. The summed E-state index contributed by atoms with van der Waals surface area (Å²) in [6.07, 6.45) is 0. The number of rotatable bonds is 5. The fourth-order valence-corrected chi connectivity index (χ4v) is 2.94. The molecule has 3 aromatic rings. The second-order valence-electron chi connectivity index (χ2n) is 5.73. The Bertz CT molecular complexity index is 894. The maximum absolute atomic E-state index is 12.4. The zero-order valence-corrected chi connectivity index (χ0v) is 15.8. The molecular formula is C20H19BrN2O2. The van der Waals surface area contributed by atoms with Gasteiger partial charge in [-0.2, -0.15) is 0 Å². The van der Waals surface area contributed by atoms with Gasteiger partial charge in [0.15, 0.2) is 0 Å². The van der Waals surface area contributed by atoms with Crippen molar-refractivity contribution in [1.82, 2.24) is 4.98 Å². The molecule has 0 aliphatic rings. The molecule has 25 heavy (non-hydrogen) atoms. The van der Waals surface area contributed by atoms with Crippen molar-refractivity contribution >= 4 is 38.5 Å². The minimum absolute atomic E-state index is 0.333. The minimum Gasteiger partial charge on any atom is -0.462 e. The van der Waals surface area contributed by atoms with E-state index >= 15 is 0 Å². The number of carbonyl (C=O) groups excluding carboxylic acids is 1. The largest absolute Gasteiger partial charge is 0.462 e. The van der Waals surface area contributed by atoms with E-state index in [-0.39, 0.29) is 5.97 Å². The number of aromatic nitrogens is 1. The van der Waals surface area contributed by atoms with Crippen molar-refractivity contribution < 1.29 is 9.53 Å². The van der Waals surface area contributed by atoms with E-state index in [9.17, 15) is 4.79 Å². The van der Waals surface area contributed by atoms with E-state index in [0.717, 1.165) is 21.1 Å². The van der Waals surface area contributed by atoms with Crippen molar-refractivity contribution in [1.29, 1.82) is 0 Å². The van der Waals surface area contributed by atoms with Gasteiger partial charge in [-0.1, -0.05) is 34.1 Å². The first-order valence-electron chi connectivity index (χ1n) is 8.11. The van der Waals surface area contributed by atoms with Gasteiger partial charge >= 0.3 is 5.97 Å². The van der Waals surface area contributed by atoms with Gasteiger partial charge in [0.05, 0.1) is 29.9 Å². The van der Waals surface area contributed by atoms with Crippen molar-refractivity contribution in [3.05, 3.63) is 70.3 Å². The van der Waals surface area contributed by atoms with E-state index in [1.807, 2.05) is 61.6 Å². The molecule has 0 saturated heterocycles. The SMILES string of the molecule is CCOC(=O)c1cc2ccccc2nc1CN(C)c1ccc(Br)cc1. The molecule has 4 nitrogen and oxygen atoms in total. The number of hydrogen-bond acceptors (Lipinski definition) is 4. The number of carbonyl (C=O) groups is 1. The minimum atomic E-state index is -0.333. The number of anilines is 1. The van der Waals surface area contributed by atoms with Gasteiger partial charge in [0, 0.05) is 22.6 Å². The summed E-state index contributed by atoms with van der Waals surface area (Å²) in [4.78, 5) is 19.2. The summed E-state index contributed by atoms with van der Waals surface area (Å²) in [6.45, 7) is 2.66. The molecule has 5 heteroatoms. The molecule has 2 aromatic carbocycles. The summed E-state index contributed by atoms with van der Waals surface area (Å²) >= 11 is 3.44. The lowest BCUT2D eigenvalue weighted by Crippen LogP contribution is -2.20. The molecule has 0 aliphatic carbocycles. The first kappa shape index (κ1) is 17.4. The molecule has 1 heterocycles. The summed E-state index contributed by atoms with van der Waals surface area (Å²) < 4.78 is 6.25. The second kappa shape index (κ2) is 7.66. The van der Waals surface area contributed by atoms with Crippen molar-refractivity contribution in [2.75, 3.05) is 18.6 Å². The van der Waals surface area contributed by atoms with Gasteiger partial charge in [-0.15, -0.1) is 0 Å². The molecule has 128 valence electrons. The Labute approximate surface area is 155 Å². The zero-order valence-electron chi connectivity index (χ0n) is 14.2. The van der Waals surface area contributed by atoms with Crippen LogP contribution in [0.2, 0.25) is 0 Å². The normalized spacial score (nSPS) is 10.7. The number of halogens is 1. The topological polar surface area (TPSA) is 42.4 Å². The predicted molar refractivity (Wildman–Crippen MR) is 104 cm³/mol. The molecule has 0 aliphatic heterocycles. The third-order valence-electron chi connectivity index (χ3n) is 3.95. The van der Waals surface area contributed by atoms with Gasteiger partial charge in [-0.05, 0) is 43.3 Å². The van der Waals surface area contributed by atoms with Crippen molar-refractivity contribution in [2.24, 2.45) is 0 Å². The van der Waals surface area contributed by atoms with Crippen molar-refractivity contribution in [3.63, 3.8) is 0 Å². The Balaban J connectivity index is 1.99. The summed E-state index contributed by atoms with van der Waals surface area (Å²) in [5.74, 6) is -0.333. The van der Waals surface area contributed by atoms with Crippen molar-refractivity contribution in [2.45, 2.75) is 13.5 Å². The summed E-state index contributed by atoms with van der Waals surface area (Å²) in [5, 5.41) is 0.931. The van der Waals surface area contributed by atoms with Gasteiger partial charge in [0.25, 0.3) is 0 Å². The monoisotopic (exact) mass is 398 g/mol. The molecule has 0 saturated carbocycles. The molecule has 1 aromatic heterocycles. The molecule has 0 fully saturated rings. The third kappa shape index (κ3) is 3.99. The molecule has 0 unspecified atom stereocenters. The highest BCUT2D eigenvalue weighted by Crippen LogP contribution is 2.22. The van der Waals surface area contributed by atoms with Gasteiger partial charge in [-0.25, -0.2) is 4.79 Å². The lowest BCUT2D eigenvalue weighted by molar-refractivity contribution is 0.0524. The van der Waals surface area contributed by atoms with Gasteiger partial charge in [0.2, 0.25) is 0 Å². The standard InChI is InChI=1S/C20H19BrN2O2/c1-3-25-20(24)17-12-14-6-4-5-7-18(14)22-19(17)13-23(2)16-10-8-15(21)9-11-16/h4-12H,3,13H2,1-2H3. The number of esters is 1. The highest BCUT2D eigenvalue weighted by molar-refractivity contribution is 9.10. The van der Waals surface area contributed by atoms with Gasteiger partial charge in [0.1, 0.15) is 0 Å². The number of nitrogens with zero attached hydrogens (tertiary/aromatic N) is 2. The van der Waals surface area contributed by atoms with Crippen LogP contribution in [0.15, 0.2) is 59.1 Å². The van der Waals surface area contributed by atoms with Gasteiger partial charge < -0.3 is 9.64 Å². The van der Waals surface area contributed by atoms with Crippen LogP contribution in [0.1, 0.15) is 23.0 Å². The number of benzene rings is 2. The number of ether oxygens (including phenoxy) is 1. The second-order valence-corrected chi connectivity index (χ2v) is 6.64. The zero-order chi connectivity index (χ0) is 17.8. The van der Waals surface area contributed by atoms with E-state index in [4.69, 9.17) is 9.72 Å². The molecule has 0 atom stereocenters. The Morgan fingerprint density at radius 2 is 1.88 bits per heavy atom. The third-order valence-corrected chi connectivity index (χ3v) is 4.48. The molecule has 0 amide bonds. The molecule has 0 radical (unpaired) electrons. The van der Waals surface area contributed by atoms with E-state index in [1.165, 1.54) is 0 Å². The summed E-state index contributed by atoms with van der Waals surface area (Å²) in [7, 11) is 1.98. The fourth-order valence-electron chi connectivity index (χ4n) is 2.67. The van der Waals surface area contributed by atoms with Crippen LogP contribution in [0.25, 0.3) is 10.9 Å². The fraction of sp³-hybridized carbons (Fsp3) is 0.200. The maximum Gasteiger partial charge on any atom is 0.340 e. The Morgan fingerprint density at radius 1 is 1.16 bits per heavy atom. The Hall–Kier alpha value is -2.40. The predicted octanol–water partition coefficient (Wildman–Crippen LogP) is 4.81. The van der Waals surface area contributed by atoms with Crippen LogP contribution < -0.4 is 4.90 Å². The summed E-state index contributed by atoms with van der Waals surface area (Å²) in [5.41, 5.74) is 3.15. The van der Waals surface area contributed by atoms with Gasteiger partial charge in [-0.3, -0.25) is 4.98 Å². The van der Waals surface area contributed by atoms with Crippen molar-refractivity contribution in [3.8, 4) is 0 Å². The number of para-hydroxylation sites is 1. The summed E-state index contributed by atoms with van der Waals surface area (Å²) in [6, 6.07) is 17.7. The Kier molecular flexibility index (Phi) is 5.34. The highest BCUT2D eigenvalue weighted by Gasteiger charge is 2.17. The molecule has 0 spiro atoms. The van der Waals surface area contributed by atoms with E-state index in [2.05, 4.69) is 20.8 Å². The van der Waals surface area contributed by atoms with E-state index in [1.54, 1.807) is 6.92 Å². The van der Waals surface area contributed by atoms with Crippen LogP contribution in [-0.2, 0) is 11.3 Å². The maximum atomic E-state index is 12.4. The first-order valence-corrected chi connectivity index (χ1v) is 8.90. The lowest BCUT2D eigenvalue weighted by Gasteiger charge is -2.20. The van der Waals surface area contributed by atoms with Crippen LogP contribution in [0.4, 0.5) is 5.69 Å². The van der Waals surface area contributed by atoms with Crippen LogP contribution in [0.3, 0.4) is 0 Å². The van der Waals surface area contributed by atoms with E-state index in [0.29, 0.717) is 24.4 Å². The molecule has 0 bridgehead atoms. The highest BCUT2D eigenvalue weighted by atomic mass is 79.9. The Morgan fingerprint density at radius 3 is 2.60 bits per heavy atom. The average molecular weight is 399 g/mol. The number of hydrogen-bond donors (Lipinski definition) is 0. The lowest BCUT2D eigenvalue weighted by atomic mass is 10.1. The number of pyridine rings is 1. The van der Waals surface area contributed by atoms with Crippen LogP contribution in [0, 0.1) is 0 Å². The van der Waals surface area contributed by atoms with E-state index < -0.39 is 0 Å². The smallest absolute Gasteiger partial charge is 0.340 e. The average Bonchev–Trinajstić information content (AvgIpc) is 2.61.